The van der Waals surface area contributed by atoms with Crippen molar-refractivity contribution in [2.45, 2.75) is 141 Å². The number of aliphatic carboxylic acids is 2. The van der Waals surface area contributed by atoms with Crippen molar-refractivity contribution in [3.05, 3.63) is 18.2 Å². The van der Waals surface area contributed by atoms with E-state index in [2.05, 4.69) is 52.2 Å². The molecule has 1 aromatic rings. The van der Waals surface area contributed by atoms with Crippen LogP contribution in [0.1, 0.15) is 92.2 Å². The van der Waals surface area contributed by atoms with Crippen molar-refractivity contribution in [2.24, 2.45) is 39.9 Å². The maximum absolute atomic E-state index is 14.2. The average molecular weight is 984 g/mol. The summed E-state index contributed by atoms with van der Waals surface area (Å²) in [5, 5.41) is 46.1. The van der Waals surface area contributed by atoms with E-state index in [1.54, 1.807) is 27.7 Å². The number of nitrogens with one attached hydrogen (secondary N) is 8. The number of aliphatic hydroxyl groups is 1. The Bertz CT molecular complexity index is 1850. The van der Waals surface area contributed by atoms with E-state index in [9.17, 15) is 58.5 Å². The smallest absolute Gasteiger partial charge is 0.328 e. The van der Waals surface area contributed by atoms with Gasteiger partial charge in [0, 0.05) is 24.9 Å². The van der Waals surface area contributed by atoms with E-state index in [1.165, 1.54) is 24.3 Å². The fourth-order valence-corrected chi connectivity index (χ4v) is 7.02. The number of nitrogens with two attached hydrogens (primary N) is 3. The lowest BCUT2D eigenvalue weighted by Crippen LogP contribution is -2.61. The number of hydrogen-bond acceptors (Lipinski definition) is 14. The number of rotatable bonds is 33. The summed E-state index contributed by atoms with van der Waals surface area (Å²) in [5.41, 5.74) is 17.4. The van der Waals surface area contributed by atoms with Crippen LogP contribution in [-0.2, 0) is 49.6 Å². The Balaban J connectivity index is 3.55. The minimum Gasteiger partial charge on any atom is -0.481 e. The maximum Gasteiger partial charge on any atom is 0.328 e. The molecule has 0 aliphatic carbocycles. The molecule has 7 amide bonds. The fraction of sp³-hybridized carbons (Fsp3) is 0.690. The van der Waals surface area contributed by atoms with E-state index < -0.39 is 121 Å². The molecule has 0 saturated heterocycles. The Morgan fingerprint density at radius 1 is 0.706 bits per heavy atom. The van der Waals surface area contributed by atoms with Crippen molar-refractivity contribution in [3.8, 4) is 0 Å². The number of aliphatic imine (C=N–C) groups is 1. The third-order valence-electron chi connectivity index (χ3n) is 10.4. The highest BCUT2D eigenvalue weighted by Gasteiger charge is 2.36. The average Bonchev–Trinajstić information content (AvgIpc) is 3.78. The van der Waals surface area contributed by atoms with Gasteiger partial charge >= 0.3 is 11.9 Å². The van der Waals surface area contributed by atoms with Crippen LogP contribution in [0.25, 0.3) is 0 Å². The first-order valence-corrected chi connectivity index (χ1v) is 23.8. The molecule has 0 aromatic carbocycles. The van der Waals surface area contributed by atoms with Crippen LogP contribution >= 0.6 is 11.8 Å². The van der Waals surface area contributed by atoms with Crippen LogP contribution in [0.2, 0.25) is 0 Å². The number of carboxylic acid groups (broad SMARTS) is 2. The molecule has 25 nitrogen and oxygen atoms in total. The van der Waals surface area contributed by atoms with E-state index in [4.69, 9.17) is 17.2 Å². The molecule has 0 bridgehead atoms. The number of H-pyrrole nitrogens is 1. The lowest BCUT2D eigenvalue weighted by atomic mass is 9.96. The number of amides is 7. The second-order valence-corrected chi connectivity index (χ2v) is 18.2. The van der Waals surface area contributed by atoms with Crippen molar-refractivity contribution >= 4 is 71.0 Å². The molecule has 68 heavy (non-hydrogen) atoms. The van der Waals surface area contributed by atoms with Gasteiger partial charge in [0.2, 0.25) is 41.4 Å². The Hall–Kier alpha value is -6.02. The molecule has 0 spiro atoms. The SMILES string of the molecule is CC[C@H](C)[C@H](NC(=O)[C@H](CC(=O)O)NC(=O)[C@H](CCCN=C(N)N)NC(=O)[C@H](Cc1cnc[nH]1)NC(=O)[C@H](CC(C)C)NC(=O)[C@@H](N)CCSC)C(=O)N[C@@H](CC(C)C)C(=O)N[C@@H](CO)C(=O)O. The summed E-state index contributed by atoms with van der Waals surface area (Å²) in [5.74, 6) is -9.72. The van der Waals surface area contributed by atoms with Crippen LogP contribution < -0.4 is 54.4 Å². The quantitative estimate of drug-likeness (QED) is 0.0192. The summed E-state index contributed by atoms with van der Waals surface area (Å²) in [7, 11) is 0. The number of nitrogens with zero attached hydrogens (tertiary/aromatic N) is 2. The number of guanidine groups is 1. The number of hydrogen-bond donors (Lipinski definition) is 14. The summed E-state index contributed by atoms with van der Waals surface area (Å²) in [6, 6.07) is -11.1. The standard InChI is InChI=1S/C42H73N13O12S/c1-8-23(6)33(40(65)53-28(15-22(4)5)37(62)54-31(19-56)41(66)67)55-39(64)30(17-32(57)58)52-35(60)26(10-9-12-47-42(44)45)49-38(63)29(16-24-18-46-20-48-24)51-36(61)27(14-21(2)3)50-34(59)25(43)11-13-68-7/h18,20-23,25-31,33,56H,8-17,19,43H2,1-7H3,(H,46,48)(H,49,63)(H,50,59)(H,51,61)(H,52,60)(H,53,65)(H,54,62)(H,55,64)(H,57,58)(H,66,67)(H4,44,45,47)/t23-,25-,26-,27-,28-,29-,30-,31-,33-/m0/s1. The third kappa shape index (κ3) is 22.6. The molecule has 0 saturated carbocycles. The zero-order chi connectivity index (χ0) is 51.7. The monoisotopic (exact) mass is 984 g/mol. The minimum atomic E-state index is -1.84. The number of carboxylic acids is 2. The molecule has 26 heteroatoms. The van der Waals surface area contributed by atoms with Gasteiger partial charge in [0.15, 0.2) is 5.96 Å². The molecule has 0 fully saturated rings. The summed E-state index contributed by atoms with van der Waals surface area (Å²) in [4.78, 5) is 130. The summed E-state index contributed by atoms with van der Waals surface area (Å²) in [6.07, 6.45) is 4.23. The van der Waals surface area contributed by atoms with Gasteiger partial charge in [-0.2, -0.15) is 11.8 Å². The van der Waals surface area contributed by atoms with Gasteiger partial charge in [-0.25, -0.2) is 9.78 Å². The Kier molecular flexibility index (Phi) is 27.4. The van der Waals surface area contributed by atoms with Crippen LogP contribution in [0.4, 0.5) is 0 Å². The van der Waals surface area contributed by atoms with Crippen molar-refractivity contribution in [2.75, 3.05) is 25.2 Å². The first-order valence-electron chi connectivity index (χ1n) is 22.4. The zero-order valence-electron chi connectivity index (χ0n) is 39.8. The molecular formula is C42H73N13O12S. The van der Waals surface area contributed by atoms with Crippen LogP contribution in [0.3, 0.4) is 0 Å². The molecule has 0 aliphatic heterocycles. The van der Waals surface area contributed by atoms with E-state index in [1.807, 2.05) is 20.1 Å². The van der Waals surface area contributed by atoms with Crippen LogP contribution in [0, 0.1) is 17.8 Å². The summed E-state index contributed by atoms with van der Waals surface area (Å²) in [6.45, 7) is 9.51. The van der Waals surface area contributed by atoms with Gasteiger partial charge in [0.05, 0.1) is 25.4 Å². The fourth-order valence-electron chi connectivity index (χ4n) is 6.53. The molecule has 0 radical (unpaired) electrons. The largest absolute Gasteiger partial charge is 0.481 e. The summed E-state index contributed by atoms with van der Waals surface area (Å²) < 4.78 is 0. The van der Waals surface area contributed by atoms with E-state index >= 15 is 0 Å². The number of aliphatic hydroxyl groups excluding tert-OH is 1. The van der Waals surface area contributed by atoms with Gasteiger partial charge in [-0.05, 0) is 61.9 Å². The topological polar surface area (TPSA) is 418 Å². The molecule has 1 aromatic heterocycles. The number of aromatic amines is 1. The first kappa shape index (κ1) is 60.0. The number of thioether (sulfide) groups is 1. The maximum atomic E-state index is 14.2. The number of imidazole rings is 1. The second kappa shape index (κ2) is 31.1. The second-order valence-electron chi connectivity index (χ2n) is 17.2. The van der Waals surface area contributed by atoms with Crippen molar-refractivity contribution in [1.82, 2.24) is 47.2 Å². The third-order valence-corrected chi connectivity index (χ3v) is 11.1. The first-order chi connectivity index (χ1) is 31.9. The molecule has 17 N–H and O–H groups in total. The van der Waals surface area contributed by atoms with Gasteiger partial charge in [-0.15, -0.1) is 0 Å². The lowest BCUT2D eigenvalue weighted by Gasteiger charge is -2.29. The zero-order valence-corrected chi connectivity index (χ0v) is 40.7. The van der Waals surface area contributed by atoms with E-state index in [0.717, 1.165) is 0 Å². The van der Waals surface area contributed by atoms with Gasteiger partial charge in [-0.1, -0.05) is 48.0 Å². The van der Waals surface area contributed by atoms with Gasteiger partial charge in [0.1, 0.15) is 42.3 Å². The highest BCUT2D eigenvalue weighted by molar-refractivity contribution is 7.98. The molecule has 1 heterocycles. The Morgan fingerprint density at radius 3 is 1.69 bits per heavy atom. The highest BCUT2D eigenvalue weighted by Crippen LogP contribution is 2.13. The van der Waals surface area contributed by atoms with Crippen molar-refractivity contribution in [3.63, 3.8) is 0 Å². The highest BCUT2D eigenvalue weighted by atomic mass is 32.2. The van der Waals surface area contributed by atoms with Crippen molar-refractivity contribution < 1.29 is 58.5 Å². The predicted molar refractivity (Wildman–Crippen MR) is 252 cm³/mol. The Morgan fingerprint density at radius 2 is 1.21 bits per heavy atom. The van der Waals surface area contributed by atoms with Gasteiger partial charge in [-0.3, -0.25) is 43.3 Å². The van der Waals surface area contributed by atoms with Crippen molar-refractivity contribution in [1.29, 1.82) is 0 Å². The van der Waals surface area contributed by atoms with Crippen LogP contribution in [0.5, 0.6) is 0 Å². The molecule has 384 valence electrons. The van der Waals surface area contributed by atoms with E-state index in [-0.39, 0.29) is 62.9 Å². The van der Waals surface area contributed by atoms with Crippen LogP contribution in [0.15, 0.2) is 17.5 Å². The summed E-state index contributed by atoms with van der Waals surface area (Å²) >= 11 is 1.50. The predicted octanol–water partition coefficient (Wildman–Crippen LogP) is -2.83. The molecule has 0 unspecified atom stereocenters. The minimum absolute atomic E-state index is 0.0104. The molecule has 9 atom stereocenters. The van der Waals surface area contributed by atoms with Gasteiger partial charge in [0.25, 0.3) is 0 Å². The Labute approximate surface area is 400 Å². The number of aromatic nitrogens is 2. The molecule has 0 aliphatic rings. The van der Waals surface area contributed by atoms with E-state index in [0.29, 0.717) is 17.9 Å². The number of carbonyl (C=O) groups excluding carboxylic acids is 7. The van der Waals surface area contributed by atoms with Gasteiger partial charge < -0.3 is 74.7 Å². The molecular weight excluding hydrogens is 911 g/mol. The normalized spacial score (nSPS) is 15.2. The lowest BCUT2D eigenvalue weighted by molar-refractivity contribution is -0.143. The molecule has 1 rings (SSSR count). The van der Waals surface area contributed by atoms with Crippen LogP contribution in [-0.4, -0.2) is 158 Å². The number of carbonyl (C=O) groups is 9.